The fraction of sp³-hybridized carbons (Fsp3) is 0.364. The molecule has 0 heterocycles. The van der Waals surface area contributed by atoms with E-state index in [1.54, 1.807) is 0 Å². The standard InChI is InChI=1S/C8H11N.C3H5N/c1-2-9-8-6-4-3-5-7-8;1-2-3-4/h3-7,9H,2H2,1H3;2H2,1H3. The molecule has 0 aliphatic carbocycles. The molecular weight excluding hydrogens is 160 g/mol. The molecule has 1 aromatic carbocycles. The van der Waals surface area contributed by atoms with Gasteiger partial charge < -0.3 is 5.32 Å². The lowest BCUT2D eigenvalue weighted by molar-refractivity contribution is 1.21. The van der Waals surface area contributed by atoms with E-state index in [-0.39, 0.29) is 0 Å². The highest BCUT2D eigenvalue weighted by atomic mass is 14.8. The summed E-state index contributed by atoms with van der Waals surface area (Å²) in [5, 5.41) is 10.8. The average Bonchev–Trinajstić information content (AvgIpc) is 2.20. The van der Waals surface area contributed by atoms with Crippen LogP contribution in [0.15, 0.2) is 30.3 Å². The molecule has 0 radical (unpaired) electrons. The smallest absolute Gasteiger partial charge is 0.0618 e. The van der Waals surface area contributed by atoms with Crippen molar-refractivity contribution in [3.63, 3.8) is 0 Å². The molecule has 1 aromatic rings. The van der Waals surface area contributed by atoms with Crippen LogP contribution < -0.4 is 5.32 Å². The third-order valence-corrected chi connectivity index (χ3v) is 1.31. The maximum atomic E-state index is 7.62. The summed E-state index contributed by atoms with van der Waals surface area (Å²) in [6, 6.07) is 12.1. The Hall–Kier alpha value is -1.49. The van der Waals surface area contributed by atoms with Gasteiger partial charge in [0.05, 0.1) is 6.07 Å². The molecule has 0 unspecified atom stereocenters. The SMILES string of the molecule is CCC#N.CCNc1ccccc1. The van der Waals surface area contributed by atoms with Crippen molar-refractivity contribution in [1.29, 1.82) is 5.26 Å². The summed E-state index contributed by atoms with van der Waals surface area (Å²) in [6.45, 7) is 4.90. The van der Waals surface area contributed by atoms with Crippen molar-refractivity contribution in [1.82, 2.24) is 0 Å². The number of anilines is 1. The lowest BCUT2D eigenvalue weighted by Gasteiger charge is -1.99. The Bertz CT molecular complexity index is 236. The predicted molar refractivity (Wildman–Crippen MR) is 56.5 cm³/mol. The van der Waals surface area contributed by atoms with Gasteiger partial charge in [0.15, 0.2) is 0 Å². The minimum atomic E-state index is 0.625. The molecule has 2 heteroatoms. The number of benzene rings is 1. The maximum absolute atomic E-state index is 7.62. The molecule has 1 rings (SSSR count). The number of rotatable bonds is 2. The van der Waals surface area contributed by atoms with Crippen molar-refractivity contribution >= 4 is 5.69 Å². The fourth-order valence-electron chi connectivity index (χ4n) is 0.760. The lowest BCUT2D eigenvalue weighted by Crippen LogP contribution is -1.94. The molecular formula is C11H16N2. The second-order valence-corrected chi connectivity index (χ2v) is 2.41. The zero-order valence-electron chi connectivity index (χ0n) is 8.25. The van der Waals surface area contributed by atoms with Gasteiger partial charge in [0, 0.05) is 18.7 Å². The Morgan fingerprint density at radius 3 is 2.15 bits per heavy atom. The van der Waals surface area contributed by atoms with Crippen molar-refractivity contribution in [2.24, 2.45) is 0 Å². The quantitative estimate of drug-likeness (QED) is 0.751. The van der Waals surface area contributed by atoms with Gasteiger partial charge in [0.2, 0.25) is 0 Å². The van der Waals surface area contributed by atoms with Gasteiger partial charge in [-0.1, -0.05) is 25.1 Å². The van der Waals surface area contributed by atoms with Crippen LogP contribution in [0.5, 0.6) is 0 Å². The van der Waals surface area contributed by atoms with E-state index in [0.717, 1.165) is 6.54 Å². The monoisotopic (exact) mass is 176 g/mol. The minimum Gasteiger partial charge on any atom is -0.385 e. The molecule has 0 saturated heterocycles. The van der Waals surface area contributed by atoms with E-state index < -0.39 is 0 Å². The summed E-state index contributed by atoms with van der Waals surface area (Å²) in [6.07, 6.45) is 0.625. The van der Waals surface area contributed by atoms with Crippen molar-refractivity contribution in [3.8, 4) is 6.07 Å². The van der Waals surface area contributed by atoms with Crippen LogP contribution in [-0.4, -0.2) is 6.54 Å². The third-order valence-electron chi connectivity index (χ3n) is 1.31. The summed E-state index contributed by atoms with van der Waals surface area (Å²) >= 11 is 0. The van der Waals surface area contributed by atoms with E-state index in [0.29, 0.717) is 6.42 Å². The zero-order valence-corrected chi connectivity index (χ0v) is 8.25. The zero-order chi connectivity index (χ0) is 9.94. The highest BCUT2D eigenvalue weighted by molar-refractivity contribution is 5.41. The Balaban J connectivity index is 0.000000310. The largest absolute Gasteiger partial charge is 0.385 e. The molecule has 13 heavy (non-hydrogen) atoms. The number of para-hydroxylation sites is 1. The number of nitrogens with one attached hydrogen (secondary N) is 1. The fourth-order valence-corrected chi connectivity index (χ4v) is 0.760. The molecule has 2 nitrogen and oxygen atoms in total. The molecule has 0 aliphatic heterocycles. The first-order valence-electron chi connectivity index (χ1n) is 4.51. The van der Waals surface area contributed by atoms with Crippen LogP contribution in [0, 0.1) is 11.3 Å². The van der Waals surface area contributed by atoms with Crippen LogP contribution in [0.3, 0.4) is 0 Å². The minimum absolute atomic E-state index is 0.625. The highest BCUT2D eigenvalue weighted by Gasteiger charge is 1.81. The van der Waals surface area contributed by atoms with Gasteiger partial charge in [-0.15, -0.1) is 0 Å². The van der Waals surface area contributed by atoms with Crippen LogP contribution in [-0.2, 0) is 0 Å². The molecule has 0 fully saturated rings. The summed E-state index contributed by atoms with van der Waals surface area (Å²) in [4.78, 5) is 0. The van der Waals surface area contributed by atoms with Gasteiger partial charge in [0.25, 0.3) is 0 Å². The summed E-state index contributed by atoms with van der Waals surface area (Å²) in [5.41, 5.74) is 1.19. The Morgan fingerprint density at radius 2 is 1.77 bits per heavy atom. The Labute approximate surface area is 80.2 Å². The van der Waals surface area contributed by atoms with Crippen molar-refractivity contribution < 1.29 is 0 Å². The molecule has 0 saturated carbocycles. The van der Waals surface area contributed by atoms with Crippen LogP contribution in [0.25, 0.3) is 0 Å². The average molecular weight is 176 g/mol. The third kappa shape index (κ3) is 6.89. The molecule has 1 N–H and O–H groups in total. The highest BCUT2D eigenvalue weighted by Crippen LogP contribution is 2.02. The first kappa shape index (κ1) is 11.5. The summed E-state index contributed by atoms with van der Waals surface area (Å²) in [5.74, 6) is 0. The molecule has 0 aliphatic rings. The second kappa shape index (κ2) is 8.61. The molecule has 0 amide bonds. The van der Waals surface area contributed by atoms with Crippen molar-refractivity contribution in [2.75, 3.05) is 11.9 Å². The van der Waals surface area contributed by atoms with E-state index in [1.807, 2.05) is 31.2 Å². The van der Waals surface area contributed by atoms with Gasteiger partial charge in [0.1, 0.15) is 0 Å². The number of hydrogen-bond donors (Lipinski definition) is 1. The van der Waals surface area contributed by atoms with Crippen molar-refractivity contribution in [2.45, 2.75) is 20.3 Å². The van der Waals surface area contributed by atoms with E-state index in [4.69, 9.17) is 5.26 Å². The van der Waals surface area contributed by atoms with Gasteiger partial charge in [-0.05, 0) is 19.1 Å². The van der Waals surface area contributed by atoms with Crippen LogP contribution in [0.2, 0.25) is 0 Å². The first-order chi connectivity index (χ1) is 6.35. The van der Waals surface area contributed by atoms with Gasteiger partial charge in [-0.2, -0.15) is 5.26 Å². The van der Waals surface area contributed by atoms with E-state index in [1.165, 1.54) is 5.69 Å². The Morgan fingerprint density at radius 1 is 1.23 bits per heavy atom. The number of nitriles is 1. The normalized spacial score (nSPS) is 7.77. The predicted octanol–water partition coefficient (Wildman–Crippen LogP) is 3.04. The Kier molecular flexibility index (Phi) is 7.62. The second-order valence-electron chi connectivity index (χ2n) is 2.41. The topological polar surface area (TPSA) is 35.8 Å². The molecule has 0 atom stereocenters. The summed E-state index contributed by atoms with van der Waals surface area (Å²) in [7, 11) is 0. The number of hydrogen-bond acceptors (Lipinski definition) is 2. The molecule has 0 bridgehead atoms. The summed E-state index contributed by atoms with van der Waals surface area (Å²) < 4.78 is 0. The lowest BCUT2D eigenvalue weighted by atomic mass is 10.3. The van der Waals surface area contributed by atoms with Crippen molar-refractivity contribution in [3.05, 3.63) is 30.3 Å². The van der Waals surface area contributed by atoms with Crippen LogP contribution in [0.1, 0.15) is 20.3 Å². The maximum Gasteiger partial charge on any atom is 0.0618 e. The van der Waals surface area contributed by atoms with Gasteiger partial charge in [-0.25, -0.2) is 0 Å². The molecule has 0 aromatic heterocycles. The van der Waals surface area contributed by atoms with Crippen LogP contribution >= 0.6 is 0 Å². The van der Waals surface area contributed by atoms with E-state index in [9.17, 15) is 0 Å². The molecule has 70 valence electrons. The number of nitrogens with zero attached hydrogens (tertiary/aromatic N) is 1. The molecule has 0 spiro atoms. The first-order valence-corrected chi connectivity index (χ1v) is 4.51. The van der Waals surface area contributed by atoms with Gasteiger partial charge in [-0.3, -0.25) is 0 Å². The van der Waals surface area contributed by atoms with Gasteiger partial charge >= 0.3 is 0 Å². The van der Waals surface area contributed by atoms with E-state index in [2.05, 4.69) is 24.4 Å². The van der Waals surface area contributed by atoms with E-state index >= 15 is 0 Å². The van der Waals surface area contributed by atoms with Crippen LogP contribution in [0.4, 0.5) is 5.69 Å².